The Bertz CT molecular complexity index is 786. The van der Waals surface area contributed by atoms with Crippen molar-refractivity contribution >= 4 is 27.0 Å². The van der Waals surface area contributed by atoms with Gasteiger partial charge in [-0.25, -0.2) is 13.1 Å². The highest BCUT2D eigenvalue weighted by Gasteiger charge is 2.29. The highest BCUT2D eigenvalue weighted by atomic mass is 32.2. The van der Waals surface area contributed by atoms with Gasteiger partial charge in [-0.1, -0.05) is 6.07 Å². The van der Waals surface area contributed by atoms with Crippen LogP contribution in [0.4, 0.5) is 10.1 Å². The minimum Gasteiger partial charge on any atom is -0.258 e. The van der Waals surface area contributed by atoms with Gasteiger partial charge >= 0.3 is 5.69 Å². The Morgan fingerprint density at radius 2 is 2.10 bits per heavy atom. The number of thiophene rings is 1. The molecule has 0 atom stereocenters. The molecule has 21 heavy (non-hydrogen) atoms. The van der Waals surface area contributed by atoms with Gasteiger partial charge in [0.1, 0.15) is 0 Å². The van der Waals surface area contributed by atoms with E-state index in [0.717, 1.165) is 29.3 Å². The molecule has 1 aromatic carbocycles. The van der Waals surface area contributed by atoms with Crippen LogP contribution in [0.15, 0.2) is 33.9 Å². The van der Waals surface area contributed by atoms with Crippen LogP contribution >= 0.6 is 11.3 Å². The van der Waals surface area contributed by atoms with Gasteiger partial charge < -0.3 is 0 Å². The predicted octanol–water partition coefficient (Wildman–Crippen LogP) is 2.58. The molecule has 112 valence electrons. The van der Waals surface area contributed by atoms with Crippen molar-refractivity contribution in [2.24, 2.45) is 0 Å². The van der Waals surface area contributed by atoms with E-state index in [0.29, 0.717) is 0 Å². The van der Waals surface area contributed by atoms with Crippen LogP contribution in [-0.4, -0.2) is 13.3 Å². The highest BCUT2D eigenvalue weighted by Crippen LogP contribution is 2.26. The number of benzene rings is 1. The van der Waals surface area contributed by atoms with E-state index in [-0.39, 0.29) is 6.54 Å². The molecule has 0 saturated carbocycles. The van der Waals surface area contributed by atoms with Gasteiger partial charge in [0.25, 0.3) is 0 Å². The Morgan fingerprint density at radius 1 is 1.38 bits per heavy atom. The molecule has 1 N–H and O–H groups in total. The van der Waals surface area contributed by atoms with Gasteiger partial charge in [-0.3, -0.25) is 10.1 Å². The Balaban J connectivity index is 2.34. The molecule has 0 aliphatic carbocycles. The average molecular weight is 330 g/mol. The number of nitro groups is 1. The van der Waals surface area contributed by atoms with E-state index in [1.807, 2.05) is 12.3 Å². The van der Waals surface area contributed by atoms with Gasteiger partial charge in [-0.15, -0.1) is 0 Å². The zero-order valence-electron chi connectivity index (χ0n) is 10.9. The van der Waals surface area contributed by atoms with E-state index in [1.165, 1.54) is 11.3 Å². The van der Waals surface area contributed by atoms with Crippen LogP contribution < -0.4 is 4.72 Å². The lowest BCUT2D eigenvalue weighted by atomic mass is 10.2. The molecule has 0 aliphatic heterocycles. The molecule has 0 radical (unpaired) electrons. The lowest BCUT2D eigenvalue weighted by molar-refractivity contribution is -0.390. The third kappa shape index (κ3) is 3.26. The summed E-state index contributed by atoms with van der Waals surface area (Å²) < 4.78 is 40.0. The van der Waals surface area contributed by atoms with Gasteiger partial charge in [0.15, 0.2) is 4.90 Å². The second kappa shape index (κ2) is 5.88. The molecule has 0 bridgehead atoms. The standard InChI is InChI=1S/C12H11FN2O4S2/c1-8-6-20-7-9(8)5-14-21(18,19)11-4-2-3-10(13)12(11)15(16)17/h2-4,6-7,14H,5H2,1H3. The summed E-state index contributed by atoms with van der Waals surface area (Å²) in [6, 6.07) is 2.97. The van der Waals surface area contributed by atoms with Crippen molar-refractivity contribution in [3.8, 4) is 0 Å². The van der Waals surface area contributed by atoms with Gasteiger partial charge in [0.2, 0.25) is 15.8 Å². The third-order valence-electron chi connectivity index (χ3n) is 2.84. The van der Waals surface area contributed by atoms with Crippen molar-refractivity contribution in [3.05, 3.63) is 56.0 Å². The predicted molar refractivity (Wildman–Crippen MR) is 76.1 cm³/mol. The van der Waals surface area contributed by atoms with Crippen molar-refractivity contribution in [2.75, 3.05) is 0 Å². The molecule has 6 nitrogen and oxygen atoms in total. The first-order valence-corrected chi connectivity index (χ1v) is 8.20. The van der Waals surface area contributed by atoms with E-state index in [1.54, 1.807) is 5.38 Å². The SMILES string of the molecule is Cc1cscc1CNS(=O)(=O)c1cccc(F)c1[N+](=O)[O-]. The first kappa shape index (κ1) is 15.5. The fourth-order valence-corrected chi connectivity index (χ4v) is 3.75. The van der Waals surface area contributed by atoms with Crippen LogP contribution in [0.3, 0.4) is 0 Å². The maximum atomic E-state index is 13.5. The number of rotatable bonds is 5. The number of halogens is 1. The van der Waals surface area contributed by atoms with Crippen LogP contribution in [0.25, 0.3) is 0 Å². The molecule has 0 amide bonds. The van der Waals surface area contributed by atoms with E-state index >= 15 is 0 Å². The number of nitro benzene ring substituents is 1. The van der Waals surface area contributed by atoms with E-state index in [2.05, 4.69) is 4.72 Å². The van der Waals surface area contributed by atoms with Crippen molar-refractivity contribution < 1.29 is 17.7 Å². The van der Waals surface area contributed by atoms with Crippen LogP contribution in [0, 0.1) is 22.9 Å². The number of hydrogen-bond acceptors (Lipinski definition) is 5. The topological polar surface area (TPSA) is 89.3 Å². The van der Waals surface area contributed by atoms with E-state index in [9.17, 15) is 22.9 Å². The summed E-state index contributed by atoms with van der Waals surface area (Å²) in [5.74, 6) is -1.19. The maximum absolute atomic E-state index is 13.5. The Morgan fingerprint density at radius 3 is 2.67 bits per heavy atom. The summed E-state index contributed by atoms with van der Waals surface area (Å²) in [4.78, 5) is 9.13. The molecule has 2 rings (SSSR count). The first-order chi connectivity index (χ1) is 9.83. The number of nitrogens with zero attached hydrogens (tertiary/aromatic N) is 1. The minimum absolute atomic E-state index is 0.00860. The number of nitrogens with one attached hydrogen (secondary N) is 1. The molecule has 0 fully saturated rings. The molecule has 0 spiro atoms. The fourth-order valence-electron chi connectivity index (χ4n) is 1.71. The number of hydrogen-bond donors (Lipinski definition) is 1. The van der Waals surface area contributed by atoms with Crippen molar-refractivity contribution in [2.45, 2.75) is 18.4 Å². The molecular weight excluding hydrogens is 319 g/mol. The molecule has 0 saturated heterocycles. The summed E-state index contributed by atoms with van der Waals surface area (Å²) in [6.45, 7) is 1.82. The maximum Gasteiger partial charge on any atom is 0.324 e. The van der Waals surface area contributed by atoms with Crippen LogP contribution in [0.5, 0.6) is 0 Å². The zero-order chi connectivity index (χ0) is 15.6. The Hall–Kier alpha value is -1.84. The summed E-state index contributed by atoms with van der Waals surface area (Å²) in [7, 11) is -4.18. The van der Waals surface area contributed by atoms with Gasteiger partial charge in [0, 0.05) is 6.54 Å². The lowest BCUT2D eigenvalue weighted by Gasteiger charge is -2.07. The largest absolute Gasteiger partial charge is 0.324 e. The average Bonchev–Trinajstić information content (AvgIpc) is 2.81. The van der Waals surface area contributed by atoms with Crippen LogP contribution in [-0.2, 0) is 16.6 Å². The Kier molecular flexibility index (Phi) is 4.35. The summed E-state index contributed by atoms with van der Waals surface area (Å²) in [6.07, 6.45) is 0. The molecule has 2 aromatic rings. The van der Waals surface area contributed by atoms with Gasteiger partial charge in [-0.05, 0) is 40.9 Å². The monoisotopic (exact) mass is 330 g/mol. The van der Waals surface area contributed by atoms with Crippen molar-refractivity contribution in [1.82, 2.24) is 4.72 Å². The number of para-hydroxylation sites is 1. The second-order valence-corrected chi connectivity index (χ2v) is 6.73. The van der Waals surface area contributed by atoms with Crippen molar-refractivity contribution in [1.29, 1.82) is 0 Å². The van der Waals surface area contributed by atoms with Crippen LogP contribution in [0.1, 0.15) is 11.1 Å². The molecule has 1 heterocycles. The lowest BCUT2D eigenvalue weighted by Crippen LogP contribution is -2.24. The highest BCUT2D eigenvalue weighted by molar-refractivity contribution is 7.89. The first-order valence-electron chi connectivity index (χ1n) is 5.77. The summed E-state index contributed by atoms with van der Waals surface area (Å²) in [5.41, 5.74) is 0.631. The second-order valence-electron chi connectivity index (χ2n) is 4.25. The molecule has 9 heteroatoms. The minimum atomic E-state index is -4.18. The van der Waals surface area contributed by atoms with Crippen molar-refractivity contribution in [3.63, 3.8) is 0 Å². The number of sulfonamides is 1. The normalized spacial score (nSPS) is 11.5. The van der Waals surface area contributed by atoms with E-state index < -0.39 is 31.3 Å². The van der Waals surface area contributed by atoms with E-state index in [4.69, 9.17) is 0 Å². The summed E-state index contributed by atoms with van der Waals surface area (Å²) >= 11 is 1.42. The molecule has 0 unspecified atom stereocenters. The fraction of sp³-hybridized carbons (Fsp3) is 0.167. The third-order valence-corrected chi connectivity index (χ3v) is 5.18. The Labute approximate surface area is 124 Å². The quantitative estimate of drug-likeness (QED) is 0.674. The molecule has 0 aliphatic rings. The van der Waals surface area contributed by atoms with Gasteiger partial charge in [-0.2, -0.15) is 15.7 Å². The van der Waals surface area contributed by atoms with Gasteiger partial charge in [0.05, 0.1) is 4.92 Å². The molecular formula is C12H11FN2O4S2. The smallest absolute Gasteiger partial charge is 0.258 e. The zero-order valence-corrected chi connectivity index (χ0v) is 12.5. The molecule has 1 aromatic heterocycles. The van der Waals surface area contributed by atoms with Crippen LogP contribution in [0.2, 0.25) is 0 Å². The number of aryl methyl sites for hydroxylation is 1. The summed E-state index contributed by atoms with van der Waals surface area (Å²) in [5, 5.41) is 14.5.